The maximum Gasteiger partial charge on any atom is 0.231 e. The Morgan fingerprint density at radius 1 is 1.14 bits per heavy atom. The standard InChI is InChI=1S/C12H20NO/c1-5-6-7-14-13-11(3)8-10(2)9-12(13)4/h8-9H,5-7H2,1-4H3/q+1. The lowest BCUT2D eigenvalue weighted by Gasteiger charge is -2.03. The predicted octanol–water partition coefficient (Wildman–Crippen LogP) is 2.13. The van der Waals surface area contributed by atoms with E-state index in [0.29, 0.717) is 0 Å². The normalized spacial score (nSPS) is 10.3. The molecular weight excluding hydrogens is 174 g/mol. The third-order valence-electron chi connectivity index (χ3n) is 2.23. The number of aryl methyl sites for hydroxylation is 3. The van der Waals surface area contributed by atoms with Crippen molar-refractivity contribution in [2.45, 2.75) is 40.5 Å². The molecule has 78 valence electrons. The first-order chi connectivity index (χ1) is 6.65. The summed E-state index contributed by atoms with van der Waals surface area (Å²) in [6.45, 7) is 9.23. The maximum absolute atomic E-state index is 5.68. The van der Waals surface area contributed by atoms with Gasteiger partial charge >= 0.3 is 0 Å². The van der Waals surface area contributed by atoms with Gasteiger partial charge in [-0.2, -0.15) is 0 Å². The van der Waals surface area contributed by atoms with Gasteiger partial charge in [-0.25, -0.2) is 0 Å². The lowest BCUT2D eigenvalue weighted by Crippen LogP contribution is -2.48. The minimum Gasteiger partial charge on any atom is -0.271 e. The molecule has 0 aromatic carbocycles. The highest BCUT2D eigenvalue weighted by molar-refractivity contribution is 5.13. The van der Waals surface area contributed by atoms with Crippen molar-refractivity contribution < 1.29 is 9.57 Å². The largest absolute Gasteiger partial charge is 0.271 e. The van der Waals surface area contributed by atoms with Crippen LogP contribution in [0, 0.1) is 20.8 Å². The fourth-order valence-electron chi connectivity index (χ4n) is 1.60. The van der Waals surface area contributed by atoms with E-state index < -0.39 is 0 Å². The molecule has 0 unspecified atom stereocenters. The third kappa shape index (κ3) is 2.72. The lowest BCUT2D eigenvalue weighted by molar-refractivity contribution is -0.899. The molecule has 2 nitrogen and oxygen atoms in total. The molecule has 0 aliphatic carbocycles. The molecule has 0 amide bonds. The zero-order valence-electron chi connectivity index (χ0n) is 9.63. The zero-order chi connectivity index (χ0) is 10.6. The van der Waals surface area contributed by atoms with Crippen molar-refractivity contribution in [3.8, 4) is 0 Å². The van der Waals surface area contributed by atoms with Crippen molar-refractivity contribution in [3.05, 3.63) is 29.1 Å². The molecule has 0 spiro atoms. The van der Waals surface area contributed by atoms with Gasteiger partial charge in [0.1, 0.15) is 0 Å². The van der Waals surface area contributed by atoms with Crippen LogP contribution in [0.2, 0.25) is 0 Å². The van der Waals surface area contributed by atoms with Gasteiger partial charge in [-0.3, -0.25) is 4.84 Å². The van der Waals surface area contributed by atoms with E-state index >= 15 is 0 Å². The van der Waals surface area contributed by atoms with Crippen LogP contribution in [0.15, 0.2) is 12.1 Å². The Hall–Kier alpha value is -1.05. The predicted molar refractivity (Wildman–Crippen MR) is 57.2 cm³/mol. The van der Waals surface area contributed by atoms with Gasteiger partial charge in [0.2, 0.25) is 11.4 Å². The highest BCUT2D eigenvalue weighted by Crippen LogP contribution is 2.00. The van der Waals surface area contributed by atoms with Crippen molar-refractivity contribution >= 4 is 0 Å². The molecular formula is C12H20NO+. The molecule has 1 aromatic rings. The van der Waals surface area contributed by atoms with Gasteiger partial charge in [0.25, 0.3) is 0 Å². The first-order valence-corrected chi connectivity index (χ1v) is 5.28. The van der Waals surface area contributed by atoms with E-state index in [0.717, 1.165) is 13.0 Å². The molecule has 0 radical (unpaired) electrons. The Kier molecular flexibility index (Phi) is 3.93. The maximum atomic E-state index is 5.68. The zero-order valence-corrected chi connectivity index (χ0v) is 9.63. The van der Waals surface area contributed by atoms with E-state index in [1.807, 2.05) is 4.73 Å². The Labute approximate surface area is 86.5 Å². The number of pyridine rings is 1. The van der Waals surface area contributed by atoms with E-state index in [9.17, 15) is 0 Å². The van der Waals surface area contributed by atoms with Crippen molar-refractivity contribution in [3.63, 3.8) is 0 Å². The minimum atomic E-state index is 0.798. The SMILES string of the molecule is CCCCO[n+]1c(C)cc(C)cc1C. The van der Waals surface area contributed by atoms with E-state index in [4.69, 9.17) is 4.84 Å². The van der Waals surface area contributed by atoms with Crippen LogP contribution in [0.25, 0.3) is 0 Å². The Morgan fingerprint density at radius 2 is 1.71 bits per heavy atom. The van der Waals surface area contributed by atoms with Crippen LogP contribution in [0.5, 0.6) is 0 Å². The van der Waals surface area contributed by atoms with E-state index in [1.54, 1.807) is 0 Å². The first-order valence-electron chi connectivity index (χ1n) is 5.28. The van der Waals surface area contributed by atoms with E-state index in [2.05, 4.69) is 39.8 Å². The summed E-state index contributed by atoms with van der Waals surface area (Å²) < 4.78 is 1.92. The first kappa shape index (κ1) is 11.0. The quantitative estimate of drug-likeness (QED) is 0.528. The molecule has 0 saturated heterocycles. The molecule has 0 atom stereocenters. The van der Waals surface area contributed by atoms with Gasteiger partial charge in [-0.15, -0.1) is 0 Å². The lowest BCUT2D eigenvalue weighted by atomic mass is 10.2. The molecule has 1 aromatic heterocycles. The monoisotopic (exact) mass is 194 g/mol. The fourth-order valence-corrected chi connectivity index (χ4v) is 1.60. The van der Waals surface area contributed by atoms with Gasteiger partial charge < -0.3 is 0 Å². The summed E-state index contributed by atoms with van der Waals surface area (Å²) >= 11 is 0. The number of hydrogen-bond donors (Lipinski definition) is 0. The molecule has 1 rings (SSSR count). The van der Waals surface area contributed by atoms with Gasteiger partial charge in [-0.05, 0) is 18.9 Å². The van der Waals surface area contributed by atoms with Crippen LogP contribution in [-0.4, -0.2) is 6.61 Å². The molecule has 0 bridgehead atoms. The molecule has 0 aliphatic rings. The average Bonchev–Trinajstić information content (AvgIpc) is 2.09. The van der Waals surface area contributed by atoms with E-state index in [-0.39, 0.29) is 0 Å². The van der Waals surface area contributed by atoms with Crippen LogP contribution in [0.1, 0.15) is 36.7 Å². The molecule has 0 fully saturated rings. The molecule has 0 saturated carbocycles. The number of hydrogen-bond acceptors (Lipinski definition) is 1. The third-order valence-corrected chi connectivity index (χ3v) is 2.23. The summed E-state index contributed by atoms with van der Waals surface area (Å²) in [5.74, 6) is 0. The highest BCUT2D eigenvalue weighted by atomic mass is 16.7. The summed E-state index contributed by atoms with van der Waals surface area (Å²) in [4.78, 5) is 5.68. The number of nitrogens with zero attached hydrogens (tertiary/aromatic N) is 1. The van der Waals surface area contributed by atoms with Crippen molar-refractivity contribution in [1.82, 2.24) is 0 Å². The Morgan fingerprint density at radius 3 is 2.21 bits per heavy atom. The van der Waals surface area contributed by atoms with E-state index in [1.165, 1.54) is 23.4 Å². The summed E-state index contributed by atoms with van der Waals surface area (Å²) in [6.07, 6.45) is 2.28. The van der Waals surface area contributed by atoms with Gasteiger partial charge in [0.05, 0.1) is 0 Å². The number of aromatic nitrogens is 1. The molecule has 14 heavy (non-hydrogen) atoms. The smallest absolute Gasteiger partial charge is 0.231 e. The molecule has 0 N–H and O–H groups in total. The second-order valence-electron chi connectivity index (χ2n) is 3.80. The number of rotatable bonds is 4. The minimum absolute atomic E-state index is 0.798. The van der Waals surface area contributed by atoms with Crippen LogP contribution < -0.4 is 9.57 Å². The second kappa shape index (κ2) is 4.99. The van der Waals surface area contributed by atoms with Crippen LogP contribution >= 0.6 is 0 Å². The Balaban J connectivity index is 2.75. The average molecular weight is 194 g/mol. The number of unbranched alkanes of at least 4 members (excludes halogenated alkanes) is 1. The Bertz CT molecular complexity index is 284. The van der Waals surface area contributed by atoms with Crippen molar-refractivity contribution in [1.29, 1.82) is 0 Å². The van der Waals surface area contributed by atoms with Crippen molar-refractivity contribution in [2.75, 3.05) is 6.61 Å². The molecule has 0 aliphatic heterocycles. The summed E-state index contributed by atoms with van der Waals surface area (Å²) in [5.41, 5.74) is 3.62. The highest BCUT2D eigenvalue weighted by Gasteiger charge is 2.12. The topological polar surface area (TPSA) is 13.1 Å². The summed E-state index contributed by atoms with van der Waals surface area (Å²) in [5, 5.41) is 0. The fraction of sp³-hybridized carbons (Fsp3) is 0.583. The van der Waals surface area contributed by atoms with Gasteiger partial charge in [-0.1, -0.05) is 13.3 Å². The van der Waals surface area contributed by atoms with Crippen LogP contribution in [0.4, 0.5) is 0 Å². The van der Waals surface area contributed by atoms with Crippen LogP contribution in [0.3, 0.4) is 0 Å². The summed E-state index contributed by atoms with van der Waals surface area (Å²) in [7, 11) is 0. The molecule has 2 heteroatoms. The second-order valence-corrected chi connectivity index (χ2v) is 3.80. The van der Waals surface area contributed by atoms with Gasteiger partial charge in [0, 0.05) is 30.7 Å². The molecule has 1 heterocycles. The summed E-state index contributed by atoms with van der Waals surface area (Å²) in [6, 6.07) is 4.28. The van der Waals surface area contributed by atoms with Crippen molar-refractivity contribution in [2.24, 2.45) is 0 Å². The van der Waals surface area contributed by atoms with Gasteiger partial charge in [0.15, 0.2) is 6.61 Å². The van der Waals surface area contributed by atoms with Crippen LogP contribution in [-0.2, 0) is 0 Å².